The van der Waals surface area contributed by atoms with Gasteiger partial charge in [0, 0.05) is 87.2 Å². The summed E-state index contributed by atoms with van der Waals surface area (Å²) in [5.41, 5.74) is 8.58. The van der Waals surface area contributed by atoms with E-state index in [1.54, 1.807) is 29.2 Å². The smallest absolute Gasteiger partial charge is 0.328 e. The van der Waals surface area contributed by atoms with Crippen LogP contribution in [0.1, 0.15) is 56.9 Å². The van der Waals surface area contributed by atoms with Crippen molar-refractivity contribution < 1.29 is 23.9 Å². The largest absolute Gasteiger partial charge is 0.457 e. The predicted octanol–water partition coefficient (Wildman–Crippen LogP) is 4.81. The monoisotopic (exact) mass is 815 g/mol. The van der Waals surface area contributed by atoms with Gasteiger partial charge >= 0.3 is 6.03 Å². The van der Waals surface area contributed by atoms with Gasteiger partial charge in [-0.15, -0.1) is 0 Å². The zero-order chi connectivity index (χ0) is 41.8. The number of piperidine rings is 2. The van der Waals surface area contributed by atoms with Gasteiger partial charge in [0.15, 0.2) is 0 Å². The van der Waals surface area contributed by atoms with Crippen LogP contribution in [0.4, 0.5) is 16.2 Å². The molecule has 6 N–H and O–H groups in total. The highest BCUT2D eigenvalue weighted by molar-refractivity contribution is 6.26. The number of para-hydroxylation sites is 1. The summed E-state index contributed by atoms with van der Waals surface area (Å²) in [7, 11) is 2.21. The lowest BCUT2D eigenvalue weighted by atomic mass is 9.77. The third-order valence-electron chi connectivity index (χ3n) is 13.2. The highest BCUT2D eigenvalue weighted by atomic mass is 16.5. The fourth-order valence-electron chi connectivity index (χ4n) is 9.52. The lowest BCUT2D eigenvalue weighted by molar-refractivity contribution is -0.142. The van der Waals surface area contributed by atoms with Crippen LogP contribution in [0.25, 0.3) is 0 Å². The van der Waals surface area contributed by atoms with Crippen LogP contribution >= 0.6 is 0 Å². The Morgan fingerprint density at radius 2 is 1.50 bits per heavy atom. The van der Waals surface area contributed by atoms with Crippen molar-refractivity contribution in [2.45, 2.75) is 63.5 Å². The standard InChI is InChI=1S/C46H57N9O5/c1-52(29-30-16-22-53(23-17-30)34-9-11-35(12-10-34)55-26-20-40(56)51-46(55)59)36-27-33(28-36)45(58)54-24-18-31(19-25-54)39-15-21-49-44(50-39)41(43(48)57)42(47)32-7-13-38(14-8-32)60-37-5-3-2-4-6-37/h2-14,30-31,33,36,39,47,49-50H,15-29H2,1H3,(H2,48,57)(H,51,56,59)/b44-41+,47-42?/t33?,36?,39-/m0/s1. The Labute approximate surface area is 352 Å². The fourth-order valence-corrected chi connectivity index (χ4v) is 9.52. The van der Waals surface area contributed by atoms with Gasteiger partial charge in [-0.1, -0.05) is 18.2 Å². The van der Waals surface area contributed by atoms with Crippen LogP contribution in [0.5, 0.6) is 11.5 Å². The van der Waals surface area contributed by atoms with E-state index in [-0.39, 0.29) is 41.1 Å². The van der Waals surface area contributed by atoms with E-state index in [0.29, 0.717) is 60.3 Å². The highest BCUT2D eigenvalue weighted by Crippen LogP contribution is 2.36. The van der Waals surface area contributed by atoms with Crippen molar-refractivity contribution in [3.63, 3.8) is 0 Å². The second-order valence-corrected chi connectivity index (χ2v) is 17.0. The number of nitrogens with two attached hydrogens (primary N) is 1. The number of ether oxygens (including phenoxy) is 1. The number of nitrogens with zero attached hydrogens (tertiary/aromatic N) is 4. The van der Waals surface area contributed by atoms with Crippen LogP contribution in [-0.4, -0.2) is 104 Å². The molecule has 0 radical (unpaired) electrons. The molecule has 14 heteroatoms. The number of primary amides is 1. The van der Waals surface area contributed by atoms with E-state index in [1.807, 2.05) is 42.5 Å². The molecule has 8 rings (SSSR count). The first-order chi connectivity index (χ1) is 29.1. The minimum Gasteiger partial charge on any atom is -0.457 e. The molecule has 5 amide bonds. The SMILES string of the molecule is CN(CC1CCN(c2ccc(N3CCC(=O)NC3=O)cc2)CC1)C1CC(C(=O)N2CCC([C@@H]3CCN/C(=C(/C(=N)c4ccc(Oc5ccccc5)cc4)C(N)=O)N3)CC2)C1. The molecule has 4 aliphatic heterocycles. The second-order valence-electron chi connectivity index (χ2n) is 17.0. The molecule has 1 saturated carbocycles. The summed E-state index contributed by atoms with van der Waals surface area (Å²) in [5, 5.41) is 18.1. The van der Waals surface area contributed by atoms with Crippen LogP contribution in [0, 0.1) is 23.2 Å². The van der Waals surface area contributed by atoms with Crippen molar-refractivity contribution >= 4 is 40.8 Å². The summed E-state index contributed by atoms with van der Waals surface area (Å²) in [5.74, 6) is 2.28. The molecular formula is C46H57N9O5. The number of imide groups is 1. The molecule has 1 aliphatic carbocycles. The number of anilines is 2. The number of rotatable bonds is 12. The van der Waals surface area contributed by atoms with Crippen LogP contribution in [0.15, 0.2) is 90.3 Å². The number of amides is 5. The maximum absolute atomic E-state index is 13.6. The van der Waals surface area contributed by atoms with Crippen LogP contribution in [0.3, 0.4) is 0 Å². The van der Waals surface area contributed by atoms with E-state index in [4.69, 9.17) is 15.9 Å². The zero-order valence-corrected chi connectivity index (χ0v) is 34.4. The van der Waals surface area contributed by atoms with E-state index >= 15 is 0 Å². The van der Waals surface area contributed by atoms with Crippen molar-refractivity contribution in [2.75, 3.05) is 62.7 Å². The van der Waals surface area contributed by atoms with E-state index in [9.17, 15) is 19.2 Å². The van der Waals surface area contributed by atoms with E-state index in [2.05, 4.69) is 49.8 Å². The minimum absolute atomic E-state index is 0.0473. The first-order valence-corrected chi connectivity index (χ1v) is 21.5. The van der Waals surface area contributed by atoms with Crippen molar-refractivity contribution in [1.82, 2.24) is 25.8 Å². The lowest BCUT2D eigenvalue weighted by Crippen LogP contribution is -2.54. The summed E-state index contributed by atoms with van der Waals surface area (Å²) in [4.78, 5) is 58.7. The number of carbonyl (C=O) groups is 4. The Hall–Kier alpha value is -5.89. The Kier molecular flexibility index (Phi) is 12.4. The number of nitrogens with one attached hydrogen (secondary N) is 4. The van der Waals surface area contributed by atoms with E-state index in [0.717, 1.165) is 89.0 Å². The van der Waals surface area contributed by atoms with Gasteiger partial charge in [-0.25, -0.2) is 4.79 Å². The van der Waals surface area contributed by atoms with Gasteiger partial charge in [0.1, 0.15) is 22.9 Å². The number of urea groups is 1. The molecule has 0 spiro atoms. The highest BCUT2D eigenvalue weighted by Gasteiger charge is 2.41. The van der Waals surface area contributed by atoms with Gasteiger partial charge in [0.25, 0.3) is 5.91 Å². The molecular weight excluding hydrogens is 759 g/mol. The molecule has 14 nitrogen and oxygen atoms in total. The Balaban J connectivity index is 0.761. The second kappa shape index (κ2) is 18.2. The molecule has 1 atom stereocenters. The Morgan fingerprint density at radius 3 is 2.17 bits per heavy atom. The Bertz CT molecular complexity index is 2070. The molecule has 0 bridgehead atoms. The quantitative estimate of drug-likeness (QED) is 0.127. The lowest BCUT2D eigenvalue weighted by Gasteiger charge is -2.45. The number of likely N-dealkylation sites (tertiary alicyclic amines) is 1. The van der Waals surface area contributed by atoms with Crippen molar-refractivity contribution in [3.05, 3.63) is 95.8 Å². The van der Waals surface area contributed by atoms with E-state index in [1.165, 1.54) is 0 Å². The van der Waals surface area contributed by atoms with Crippen LogP contribution in [0.2, 0.25) is 0 Å². The molecule has 5 fully saturated rings. The average Bonchev–Trinajstić information content (AvgIpc) is 3.24. The summed E-state index contributed by atoms with van der Waals surface area (Å²) in [6.07, 6.45) is 7.02. The third-order valence-corrected chi connectivity index (χ3v) is 13.2. The van der Waals surface area contributed by atoms with Crippen LogP contribution < -0.4 is 36.2 Å². The van der Waals surface area contributed by atoms with Crippen LogP contribution in [-0.2, 0) is 14.4 Å². The van der Waals surface area contributed by atoms with Crippen molar-refractivity contribution in [3.8, 4) is 11.5 Å². The minimum atomic E-state index is -0.665. The molecule has 4 heterocycles. The van der Waals surface area contributed by atoms with Gasteiger partial charge in [0.2, 0.25) is 11.8 Å². The molecule has 4 saturated heterocycles. The summed E-state index contributed by atoms with van der Waals surface area (Å²) >= 11 is 0. The molecule has 316 valence electrons. The Morgan fingerprint density at radius 1 is 0.833 bits per heavy atom. The zero-order valence-electron chi connectivity index (χ0n) is 34.4. The van der Waals surface area contributed by atoms with Gasteiger partial charge in [0.05, 0.1) is 5.71 Å². The average molecular weight is 816 g/mol. The number of carbonyl (C=O) groups excluding carboxylic acids is 4. The molecule has 0 aromatic heterocycles. The van der Waals surface area contributed by atoms with Gasteiger partial charge in [-0.2, -0.15) is 0 Å². The van der Waals surface area contributed by atoms with E-state index < -0.39 is 5.91 Å². The molecule has 5 aliphatic rings. The number of benzene rings is 3. The maximum Gasteiger partial charge on any atom is 0.328 e. The third kappa shape index (κ3) is 9.28. The summed E-state index contributed by atoms with van der Waals surface area (Å²) in [6, 6.07) is 24.8. The normalized spacial score (nSPS) is 23.6. The topological polar surface area (TPSA) is 176 Å². The molecule has 0 unspecified atom stereocenters. The number of hydrogen-bond acceptors (Lipinski definition) is 10. The van der Waals surface area contributed by atoms with Gasteiger partial charge < -0.3 is 35.8 Å². The number of hydrogen-bond donors (Lipinski definition) is 5. The summed E-state index contributed by atoms with van der Waals surface area (Å²) in [6.45, 7) is 5.54. The van der Waals surface area contributed by atoms with Crippen molar-refractivity contribution in [1.29, 1.82) is 5.41 Å². The molecule has 3 aromatic carbocycles. The predicted molar refractivity (Wildman–Crippen MR) is 231 cm³/mol. The van der Waals surface area contributed by atoms with Crippen molar-refractivity contribution in [2.24, 2.45) is 23.5 Å². The molecule has 3 aromatic rings. The van der Waals surface area contributed by atoms with Gasteiger partial charge in [-0.3, -0.25) is 30.0 Å². The maximum atomic E-state index is 13.6. The first kappa shape index (κ1) is 40.9. The van der Waals surface area contributed by atoms with Gasteiger partial charge in [-0.05, 0) is 124 Å². The summed E-state index contributed by atoms with van der Waals surface area (Å²) < 4.78 is 5.89. The fraction of sp³-hybridized carbons (Fsp3) is 0.457. The first-order valence-electron chi connectivity index (χ1n) is 21.5. The molecule has 60 heavy (non-hydrogen) atoms.